The van der Waals surface area contributed by atoms with E-state index < -0.39 is 5.91 Å². The molecule has 0 aromatic carbocycles. The summed E-state index contributed by atoms with van der Waals surface area (Å²) < 4.78 is 5.76. The number of rotatable bonds is 3. The van der Waals surface area contributed by atoms with Gasteiger partial charge in [-0.3, -0.25) is 9.78 Å². The number of hydrogen-bond donors (Lipinski definition) is 1. The molecule has 0 bridgehead atoms. The van der Waals surface area contributed by atoms with Crippen LogP contribution in [0.5, 0.6) is 0 Å². The summed E-state index contributed by atoms with van der Waals surface area (Å²) in [5, 5.41) is 3.72. The van der Waals surface area contributed by atoms with Gasteiger partial charge in [-0.1, -0.05) is 0 Å². The molecular formula is C10H7BrN4O2. The molecule has 0 aliphatic heterocycles. The van der Waals surface area contributed by atoms with Crippen molar-refractivity contribution in [3.05, 3.63) is 46.8 Å². The molecule has 1 N–H and O–H groups in total. The molecule has 0 atom stereocenters. The molecule has 0 aliphatic rings. The molecule has 0 aliphatic carbocycles. The molecule has 2 heterocycles. The zero-order chi connectivity index (χ0) is 12.1. The van der Waals surface area contributed by atoms with Crippen LogP contribution in [0.1, 0.15) is 16.2 Å². The zero-order valence-electron chi connectivity index (χ0n) is 8.50. The maximum absolute atomic E-state index is 11.5. The number of halogens is 1. The average molecular weight is 295 g/mol. The molecule has 1 amide bonds. The first kappa shape index (κ1) is 11.5. The lowest BCUT2D eigenvalue weighted by Gasteiger charge is -1.96. The summed E-state index contributed by atoms with van der Waals surface area (Å²) in [5.41, 5.74) is 2.51. The monoisotopic (exact) mass is 294 g/mol. The van der Waals surface area contributed by atoms with Crippen LogP contribution in [0, 0.1) is 0 Å². The standard InChI is InChI=1S/C10H7BrN4O2/c11-9-2-1-7(17-9)5-14-15-10(16)8-6-12-3-4-13-8/h1-6H,(H,15,16)/b14-5-. The summed E-state index contributed by atoms with van der Waals surface area (Å²) in [6, 6.07) is 3.44. The smallest absolute Gasteiger partial charge is 0.291 e. The van der Waals surface area contributed by atoms with Crippen LogP contribution in [0.4, 0.5) is 0 Å². The van der Waals surface area contributed by atoms with Crippen LogP contribution in [-0.2, 0) is 0 Å². The van der Waals surface area contributed by atoms with E-state index in [1.54, 1.807) is 12.1 Å². The minimum Gasteiger partial charge on any atom is -0.448 e. The maximum atomic E-state index is 11.5. The maximum Gasteiger partial charge on any atom is 0.291 e. The molecule has 2 aromatic heterocycles. The van der Waals surface area contributed by atoms with E-state index in [1.165, 1.54) is 24.8 Å². The minimum absolute atomic E-state index is 0.199. The molecule has 0 fully saturated rings. The summed E-state index contributed by atoms with van der Waals surface area (Å²) in [4.78, 5) is 19.1. The van der Waals surface area contributed by atoms with Crippen molar-refractivity contribution in [2.24, 2.45) is 5.10 Å². The Morgan fingerprint density at radius 3 is 3.00 bits per heavy atom. The second-order valence-corrected chi connectivity index (χ2v) is 3.71. The van der Waals surface area contributed by atoms with Gasteiger partial charge in [-0.25, -0.2) is 10.4 Å². The summed E-state index contributed by atoms with van der Waals surface area (Å²) in [7, 11) is 0. The van der Waals surface area contributed by atoms with Gasteiger partial charge >= 0.3 is 0 Å². The van der Waals surface area contributed by atoms with E-state index in [1.807, 2.05) is 0 Å². The molecule has 7 heteroatoms. The van der Waals surface area contributed by atoms with Crippen LogP contribution < -0.4 is 5.43 Å². The molecule has 86 valence electrons. The number of aromatic nitrogens is 2. The lowest BCUT2D eigenvalue weighted by atomic mass is 10.4. The number of hydrogen-bond acceptors (Lipinski definition) is 5. The average Bonchev–Trinajstić information content (AvgIpc) is 2.76. The topological polar surface area (TPSA) is 80.4 Å². The molecule has 0 saturated carbocycles. The van der Waals surface area contributed by atoms with E-state index in [2.05, 4.69) is 36.4 Å². The third-order valence-corrected chi connectivity index (χ3v) is 2.17. The first-order valence-electron chi connectivity index (χ1n) is 4.60. The van der Waals surface area contributed by atoms with Gasteiger partial charge in [0.1, 0.15) is 11.5 Å². The fourth-order valence-electron chi connectivity index (χ4n) is 1.03. The van der Waals surface area contributed by atoms with E-state index >= 15 is 0 Å². The van der Waals surface area contributed by atoms with Crippen molar-refractivity contribution in [3.8, 4) is 0 Å². The molecule has 0 radical (unpaired) electrons. The third kappa shape index (κ3) is 3.22. The molecule has 6 nitrogen and oxygen atoms in total. The number of furan rings is 1. The number of nitrogens with one attached hydrogen (secondary N) is 1. The second-order valence-electron chi connectivity index (χ2n) is 2.93. The SMILES string of the molecule is O=C(N/N=C\c1ccc(Br)o1)c1cnccn1. The van der Waals surface area contributed by atoms with Crippen LogP contribution in [0.15, 0.2) is 44.9 Å². The van der Waals surface area contributed by atoms with Gasteiger partial charge in [0.15, 0.2) is 4.67 Å². The minimum atomic E-state index is -0.431. The van der Waals surface area contributed by atoms with E-state index in [0.29, 0.717) is 10.4 Å². The third-order valence-electron chi connectivity index (χ3n) is 1.75. The van der Waals surface area contributed by atoms with E-state index in [9.17, 15) is 4.79 Å². The highest BCUT2D eigenvalue weighted by molar-refractivity contribution is 9.10. The van der Waals surface area contributed by atoms with Crippen molar-refractivity contribution < 1.29 is 9.21 Å². The Balaban J connectivity index is 1.95. The van der Waals surface area contributed by atoms with Crippen molar-refractivity contribution in [1.29, 1.82) is 0 Å². The molecule has 2 aromatic rings. The Hall–Kier alpha value is -2.02. The van der Waals surface area contributed by atoms with Crippen LogP contribution in [-0.4, -0.2) is 22.1 Å². The van der Waals surface area contributed by atoms with Crippen LogP contribution in [0.25, 0.3) is 0 Å². The molecule has 0 spiro atoms. The van der Waals surface area contributed by atoms with Gasteiger partial charge in [-0.2, -0.15) is 5.10 Å². The number of carbonyl (C=O) groups is 1. The Morgan fingerprint density at radius 2 is 2.35 bits per heavy atom. The van der Waals surface area contributed by atoms with E-state index in [-0.39, 0.29) is 5.69 Å². The van der Waals surface area contributed by atoms with E-state index in [4.69, 9.17) is 4.42 Å². The fourth-order valence-corrected chi connectivity index (χ4v) is 1.34. The summed E-state index contributed by atoms with van der Waals surface area (Å²) in [6.07, 6.45) is 5.66. The highest BCUT2D eigenvalue weighted by atomic mass is 79.9. The number of hydrazone groups is 1. The molecule has 2 rings (SSSR count). The Kier molecular flexibility index (Phi) is 3.61. The van der Waals surface area contributed by atoms with Crippen molar-refractivity contribution in [2.75, 3.05) is 0 Å². The Bertz CT molecular complexity index is 538. The quantitative estimate of drug-likeness (QED) is 0.689. The normalized spacial score (nSPS) is 10.6. The highest BCUT2D eigenvalue weighted by Crippen LogP contribution is 2.11. The van der Waals surface area contributed by atoms with Gasteiger partial charge in [-0.05, 0) is 28.1 Å². The first-order chi connectivity index (χ1) is 8.25. The van der Waals surface area contributed by atoms with Gasteiger partial charge in [0, 0.05) is 12.4 Å². The summed E-state index contributed by atoms with van der Waals surface area (Å²) in [5.74, 6) is 0.0938. The van der Waals surface area contributed by atoms with Gasteiger partial charge in [0.25, 0.3) is 5.91 Å². The molecular weight excluding hydrogens is 288 g/mol. The van der Waals surface area contributed by atoms with Crippen LogP contribution in [0.2, 0.25) is 0 Å². The number of carbonyl (C=O) groups excluding carboxylic acids is 1. The molecule has 0 saturated heterocycles. The highest BCUT2D eigenvalue weighted by Gasteiger charge is 2.04. The predicted molar refractivity (Wildman–Crippen MR) is 63.5 cm³/mol. The number of nitrogens with zero attached hydrogens (tertiary/aromatic N) is 3. The lowest BCUT2D eigenvalue weighted by molar-refractivity contribution is 0.0949. The van der Waals surface area contributed by atoms with Crippen LogP contribution >= 0.6 is 15.9 Å². The van der Waals surface area contributed by atoms with Gasteiger partial charge < -0.3 is 4.42 Å². The predicted octanol–water partition coefficient (Wildman–Crippen LogP) is 1.60. The second kappa shape index (κ2) is 5.35. The van der Waals surface area contributed by atoms with Gasteiger partial charge in [-0.15, -0.1) is 0 Å². The van der Waals surface area contributed by atoms with Crippen molar-refractivity contribution in [2.45, 2.75) is 0 Å². The lowest BCUT2D eigenvalue weighted by Crippen LogP contribution is -2.18. The van der Waals surface area contributed by atoms with Gasteiger partial charge in [0.05, 0.1) is 12.4 Å². The molecule has 17 heavy (non-hydrogen) atoms. The Morgan fingerprint density at radius 1 is 1.47 bits per heavy atom. The van der Waals surface area contributed by atoms with Crippen LogP contribution in [0.3, 0.4) is 0 Å². The van der Waals surface area contributed by atoms with Crippen molar-refractivity contribution in [3.63, 3.8) is 0 Å². The fraction of sp³-hybridized carbons (Fsp3) is 0. The largest absolute Gasteiger partial charge is 0.448 e. The van der Waals surface area contributed by atoms with Crippen molar-refractivity contribution in [1.82, 2.24) is 15.4 Å². The zero-order valence-corrected chi connectivity index (χ0v) is 10.1. The number of amides is 1. The first-order valence-corrected chi connectivity index (χ1v) is 5.40. The molecule has 0 unspecified atom stereocenters. The van der Waals surface area contributed by atoms with Crippen molar-refractivity contribution >= 4 is 28.1 Å². The summed E-state index contributed by atoms with van der Waals surface area (Å²) >= 11 is 3.16. The van der Waals surface area contributed by atoms with Gasteiger partial charge in [0.2, 0.25) is 0 Å². The summed E-state index contributed by atoms with van der Waals surface area (Å²) in [6.45, 7) is 0. The van der Waals surface area contributed by atoms with E-state index in [0.717, 1.165) is 0 Å². The Labute approximate surface area is 105 Å².